The van der Waals surface area contributed by atoms with Crippen LogP contribution in [0, 0.1) is 5.41 Å². The monoisotopic (exact) mass is 270 g/mol. The third-order valence-electron chi connectivity index (χ3n) is 3.46. The zero-order valence-corrected chi connectivity index (χ0v) is 12.0. The van der Waals surface area contributed by atoms with Crippen molar-refractivity contribution in [1.82, 2.24) is 9.88 Å². The van der Waals surface area contributed by atoms with E-state index in [1.807, 2.05) is 25.3 Å². The molecule has 1 heterocycles. The summed E-state index contributed by atoms with van der Waals surface area (Å²) in [7, 11) is 2.01. The van der Waals surface area contributed by atoms with Gasteiger partial charge in [-0.05, 0) is 26.3 Å². The lowest BCUT2D eigenvalue weighted by Gasteiger charge is -2.29. The van der Waals surface area contributed by atoms with E-state index in [9.17, 15) is 10.2 Å². The van der Waals surface area contributed by atoms with E-state index < -0.39 is 5.41 Å². The van der Waals surface area contributed by atoms with E-state index in [-0.39, 0.29) is 13.2 Å². The molecule has 1 aliphatic rings. The second-order valence-electron chi connectivity index (χ2n) is 5.63. The maximum atomic E-state index is 9.30. The topological polar surface area (TPSA) is 56.6 Å². The summed E-state index contributed by atoms with van der Waals surface area (Å²) in [6.45, 7) is 3.37. The number of rotatable bonds is 6. The maximum absolute atomic E-state index is 9.30. The van der Waals surface area contributed by atoms with Crippen molar-refractivity contribution in [2.24, 2.45) is 5.41 Å². The molecule has 2 rings (SSSR count). The van der Waals surface area contributed by atoms with E-state index in [1.54, 1.807) is 0 Å². The molecule has 2 N–H and O–H groups in total. The van der Waals surface area contributed by atoms with Gasteiger partial charge in [0.2, 0.25) is 0 Å². The minimum absolute atomic E-state index is 0.00219. The number of aromatic nitrogens is 1. The highest BCUT2D eigenvalue weighted by Gasteiger charge is 2.25. The molecule has 0 bridgehead atoms. The summed E-state index contributed by atoms with van der Waals surface area (Å²) in [5, 5.41) is 19.7. The average molecular weight is 270 g/mol. The first kappa shape index (κ1) is 13.9. The lowest BCUT2D eigenvalue weighted by Crippen LogP contribution is -2.38. The van der Waals surface area contributed by atoms with Crippen molar-refractivity contribution in [3.63, 3.8) is 0 Å². The summed E-state index contributed by atoms with van der Waals surface area (Å²) >= 11 is 1.81. The number of aliphatic hydroxyl groups excluding tert-OH is 2. The van der Waals surface area contributed by atoms with Crippen LogP contribution in [-0.2, 0) is 19.4 Å². The van der Waals surface area contributed by atoms with Crippen LogP contribution in [0.4, 0.5) is 0 Å². The van der Waals surface area contributed by atoms with Crippen LogP contribution < -0.4 is 0 Å². The second kappa shape index (κ2) is 5.65. The quantitative estimate of drug-likeness (QED) is 0.811. The highest BCUT2D eigenvalue weighted by Crippen LogP contribution is 2.28. The van der Waals surface area contributed by atoms with Gasteiger partial charge < -0.3 is 10.2 Å². The average Bonchev–Trinajstić information content (AvgIpc) is 2.89. The Morgan fingerprint density at radius 2 is 2.06 bits per heavy atom. The van der Waals surface area contributed by atoms with Gasteiger partial charge in [-0.25, -0.2) is 4.98 Å². The van der Waals surface area contributed by atoms with E-state index in [0.29, 0.717) is 6.54 Å². The summed E-state index contributed by atoms with van der Waals surface area (Å²) in [5.41, 5.74) is 0.852. The largest absolute Gasteiger partial charge is 0.396 e. The van der Waals surface area contributed by atoms with Gasteiger partial charge in [-0.15, -0.1) is 11.3 Å². The van der Waals surface area contributed by atoms with Gasteiger partial charge in [-0.2, -0.15) is 0 Å². The van der Waals surface area contributed by atoms with Crippen LogP contribution in [0.1, 0.15) is 28.9 Å². The fraction of sp³-hybridized carbons (Fsp3) is 0.769. The van der Waals surface area contributed by atoms with Gasteiger partial charge in [-0.1, -0.05) is 6.92 Å². The Bertz CT molecular complexity index is 380. The molecule has 1 aliphatic carbocycles. The van der Waals surface area contributed by atoms with Gasteiger partial charge in [0.1, 0.15) is 5.01 Å². The molecule has 0 unspecified atom stereocenters. The minimum atomic E-state index is -0.436. The highest BCUT2D eigenvalue weighted by atomic mass is 32.1. The number of hydrogen-bond donors (Lipinski definition) is 2. The Hall–Kier alpha value is -0.490. The first-order chi connectivity index (χ1) is 8.56. The van der Waals surface area contributed by atoms with Gasteiger partial charge in [0.15, 0.2) is 0 Å². The van der Waals surface area contributed by atoms with Gasteiger partial charge in [-0.3, -0.25) is 4.90 Å². The minimum Gasteiger partial charge on any atom is -0.396 e. The second-order valence-corrected chi connectivity index (χ2v) is 6.80. The Labute approximate surface area is 112 Å². The number of fused-ring (bicyclic) bond motifs is 1. The Morgan fingerprint density at radius 3 is 2.67 bits per heavy atom. The van der Waals surface area contributed by atoms with E-state index in [2.05, 4.69) is 9.88 Å². The molecule has 1 aromatic rings. The fourth-order valence-electron chi connectivity index (χ4n) is 2.40. The third-order valence-corrected chi connectivity index (χ3v) is 4.60. The first-order valence-electron chi connectivity index (χ1n) is 6.44. The van der Waals surface area contributed by atoms with Crippen molar-refractivity contribution >= 4 is 11.3 Å². The van der Waals surface area contributed by atoms with E-state index in [1.165, 1.54) is 23.4 Å². The molecule has 0 saturated heterocycles. The normalized spacial score (nSPS) is 15.4. The van der Waals surface area contributed by atoms with Crippen molar-refractivity contribution in [3.05, 3.63) is 15.6 Å². The lowest BCUT2D eigenvalue weighted by atomic mass is 9.92. The molecule has 0 spiro atoms. The molecule has 0 fully saturated rings. The molecular weight excluding hydrogens is 248 g/mol. The van der Waals surface area contributed by atoms with Crippen molar-refractivity contribution < 1.29 is 10.2 Å². The predicted molar refractivity (Wildman–Crippen MR) is 72.8 cm³/mol. The Morgan fingerprint density at radius 1 is 1.33 bits per heavy atom. The highest BCUT2D eigenvalue weighted by molar-refractivity contribution is 7.11. The zero-order chi connectivity index (χ0) is 13.2. The fourth-order valence-corrected chi connectivity index (χ4v) is 3.64. The third kappa shape index (κ3) is 3.09. The molecule has 0 amide bonds. The van der Waals surface area contributed by atoms with E-state index in [0.717, 1.165) is 18.0 Å². The molecule has 5 heteroatoms. The number of aliphatic hydroxyl groups is 2. The molecule has 1 aromatic heterocycles. The summed E-state index contributed by atoms with van der Waals surface area (Å²) in [4.78, 5) is 8.24. The summed E-state index contributed by atoms with van der Waals surface area (Å²) in [6, 6.07) is 0. The van der Waals surface area contributed by atoms with Crippen LogP contribution >= 0.6 is 11.3 Å². The van der Waals surface area contributed by atoms with Crippen LogP contribution in [0.5, 0.6) is 0 Å². The van der Waals surface area contributed by atoms with Crippen molar-refractivity contribution in [1.29, 1.82) is 0 Å². The molecule has 0 aliphatic heterocycles. The predicted octanol–water partition coefficient (Wildman–Crippen LogP) is 1.05. The molecule has 0 radical (unpaired) electrons. The number of thiazole rings is 1. The van der Waals surface area contributed by atoms with Crippen molar-refractivity contribution in [3.8, 4) is 0 Å². The first-order valence-corrected chi connectivity index (χ1v) is 7.26. The summed E-state index contributed by atoms with van der Waals surface area (Å²) < 4.78 is 0. The smallest absolute Gasteiger partial charge is 0.107 e. The van der Waals surface area contributed by atoms with Gasteiger partial charge in [0.25, 0.3) is 0 Å². The maximum Gasteiger partial charge on any atom is 0.107 e. The lowest BCUT2D eigenvalue weighted by molar-refractivity contribution is 0.0402. The molecule has 4 nitrogen and oxygen atoms in total. The molecule has 18 heavy (non-hydrogen) atoms. The van der Waals surface area contributed by atoms with Gasteiger partial charge in [0, 0.05) is 16.8 Å². The van der Waals surface area contributed by atoms with Crippen molar-refractivity contribution in [2.45, 2.75) is 32.7 Å². The van der Waals surface area contributed by atoms with Gasteiger partial charge >= 0.3 is 0 Å². The SMILES string of the molecule is CN(Cc1nc2c(s1)CCC2)CC(C)(CO)CO. The Kier molecular flexibility index (Phi) is 4.37. The van der Waals surface area contributed by atoms with Crippen LogP contribution in [0.2, 0.25) is 0 Å². The molecule has 102 valence electrons. The Balaban J connectivity index is 1.92. The van der Waals surface area contributed by atoms with Crippen LogP contribution in [0.15, 0.2) is 0 Å². The van der Waals surface area contributed by atoms with E-state index >= 15 is 0 Å². The number of nitrogens with zero attached hydrogens (tertiary/aromatic N) is 2. The number of aryl methyl sites for hydroxylation is 2. The number of hydrogen-bond acceptors (Lipinski definition) is 5. The van der Waals surface area contributed by atoms with Crippen LogP contribution in [-0.4, -0.2) is 46.9 Å². The summed E-state index contributed by atoms with van der Waals surface area (Å²) in [6.07, 6.45) is 3.56. The molecule has 0 saturated carbocycles. The molecular formula is C13H22N2O2S. The van der Waals surface area contributed by atoms with Crippen molar-refractivity contribution in [2.75, 3.05) is 26.8 Å². The standard InChI is InChI=1S/C13H22N2O2S/c1-13(8-16,9-17)7-15(2)6-12-14-10-4-3-5-11(10)18-12/h16-17H,3-9H2,1-2H3. The molecule has 0 aromatic carbocycles. The van der Waals surface area contributed by atoms with E-state index in [4.69, 9.17) is 0 Å². The van der Waals surface area contributed by atoms with Crippen LogP contribution in [0.25, 0.3) is 0 Å². The van der Waals surface area contributed by atoms with Crippen LogP contribution in [0.3, 0.4) is 0 Å². The summed E-state index contributed by atoms with van der Waals surface area (Å²) in [5.74, 6) is 0. The molecule has 0 atom stereocenters. The zero-order valence-electron chi connectivity index (χ0n) is 11.1. The van der Waals surface area contributed by atoms with Gasteiger partial charge in [0.05, 0.1) is 25.5 Å².